The number of aromatic nitrogens is 3. The Balaban J connectivity index is 1.58. The van der Waals surface area contributed by atoms with Gasteiger partial charge in [0.1, 0.15) is 6.54 Å². The third-order valence-corrected chi connectivity index (χ3v) is 5.42. The minimum Gasteiger partial charge on any atom is -0.351 e. The fourth-order valence-corrected chi connectivity index (χ4v) is 3.68. The number of nitrogens with one attached hydrogen (secondary N) is 1. The molecule has 0 saturated carbocycles. The van der Waals surface area contributed by atoms with E-state index in [0.717, 1.165) is 22.3 Å². The number of aryl methyl sites for hydroxylation is 1. The van der Waals surface area contributed by atoms with E-state index >= 15 is 0 Å². The second-order valence-corrected chi connectivity index (χ2v) is 7.46. The van der Waals surface area contributed by atoms with Crippen LogP contribution in [-0.4, -0.2) is 58.2 Å². The maximum absolute atomic E-state index is 12.5. The van der Waals surface area contributed by atoms with Crippen molar-refractivity contribution in [2.24, 2.45) is 12.0 Å². The fourth-order valence-electron chi connectivity index (χ4n) is 2.85. The Kier molecular flexibility index (Phi) is 5.55. The lowest BCUT2D eigenvalue weighted by molar-refractivity contribution is -0.120. The fraction of sp³-hybridized carbons (Fsp3) is 0.529. The molecule has 1 saturated heterocycles. The van der Waals surface area contributed by atoms with Gasteiger partial charge in [-0.05, 0) is 0 Å². The van der Waals surface area contributed by atoms with Gasteiger partial charge in [-0.2, -0.15) is 5.10 Å². The summed E-state index contributed by atoms with van der Waals surface area (Å²) in [6.45, 7) is 6.51. The van der Waals surface area contributed by atoms with E-state index in [4.69, 9.17) is 0 Å². The zero-order valence-electron chi connectivity index (χ0n) is 15.6. The molecule has 0 atom stereocenters. The summed E-state index contributed by atoms with van der Waals surface area (Å²) in [4.78, 5) is 25.2. The molecule has 140 valence electrons. The zero-order chi connectivity index (χ0) is 18.7. The number of aliphatic imine (C=N–C) groups is 1. The number of hydrogen-bond donors (Lipinski definition) is 1. The van der Waals surface area contributed by atoms with Crippen molar-refractivity contribution >= 4 is 28.9 Å². The highest BCUT2D eigenvalue weighted by Gasteiger charge is 2.27. The monoisotopic (exact) mass is 375 g/mol. The van der Waals surface area contributed by atoms with Crippen LogP contribution in [-0.2, 0) is 18.4 Å². The van der Waals surface area contributed by atoms with Gasteiger partial charge in [0, 0.05) is 44.7 Å². The highest BCUT2D eigenvalue weighted by Crippen LogP contribution is 2.19. The molecule has 1 fully saturated rings. The summed E-state index contributed by atoms with van der Waals surface area (Å²) in [5, 5.41) is 10.7. The number of hydrogen-bond acceptors (Lipinski definition) is 5. The predicted octanol–water partition coefficient (Wildman–Crippen LogP) is 1.42. The van der Waals surface area contributed by atoms with E-state index < -0.39 is 0 Å². The summed E-state index contributed by atoms with van der Waals surface area (Å²) >= 11 is 1.68. The summed E-state index contributed by atoms with van der Waals surface area (Å²) in [7, 11) is 3.58. The Labute approximate surface area is 157 Å². The molecular weight excluding hydrogens is 350 g/mol. The molecule has 9 heteroatoms. The zero-order valence-corrected chi connectivity index (χ0v) is 16.5. The number of thiazole rings is 1. The van der Waals surface area contributed by atoms with Crippen LogP contribution < -0.4 is 10.2 Å². The van der Waals surface area contributed by atoms with Gasteiger partial charge in [-0.15, -0.1) is 11.3 Å². The lowest BCUT2D eigenvalue weighted by atomic mass is 10.2. The smallest absolute Gasteiger partial charge is 0.246 e. The molecule has 0 unspecified atom stereocenters. The first-order valence-corrected chi connectivity index (χ1v) is 9.54. The topological polar surface area (TPSA) is 78.7 Å². The molecule has 8 nitrogen and oxygen atoms in total. The van der Waals surface area contributed by atoms with E-state index in [-0.39, 0.29) is 5.91 Å². The third-order valence-electron chi connectivity index (χ3n) is 4.23. The van der Waals surface area contributed by atoms with Gasteiger partial charge in [-0.25, -0.2) is 4.98 Å². The number of guanidine groups is 1. The summed E-state index contributed by atoms with van der Waals surface area (Å²) in [5.41, 5.74) is 1.84. The van der Waals surface area contributed by atoms with Gasteiger partial charge in [-0.1, -0.05) is 13.8 Å². The molecule has 3 heterocycles. The summed E-state index contributed by atoms with van der Waals surface area (Å²) < 4.78 is 1.70. The van der Waals surface area contributed by atoms with E-state index in [1.807, 2.05) is 18.1 Å². The number of amides is 1. The molecular formula is C17H25N7OS. The molecule has 0 radical (unpaired) electrons. The van der Waals surface area contributed by atoms with Crippen molar-refractivity contribution in [1.29, 1.82) is 0 Å². The number of carbonyl (C=O) groups excluding carboxylic acids is 1. The molecule has 0 aliphatic carbocycles. The van der Waals surface area contributed by atoms with Crippen LogP contribution in [0.3, 0.4) is 0 Å². The largest absolute Gasteiger partial charge is 0.351 e. The van der Waals surface area contributed by atoms with Crippen molar-refractivity contribution in [2.75, 3.05) is 31.6 Å². The predicted molar refractivity (Wildman–Crippen MR) is 104 cm³/mol. The average molecular weight is 376 g/mol. The van der Waals surface area contributed by atoms with Crippen molar-refractivity contribution in [3.8, 4) is 0 Å². The van der Waals surface area contributed by atoms with Crippen LogP contribution in [0.1, 0.15) is 30.5 Å². The standard InChI is InChI=1S/C17H25N7OS/c1-12(2)16-21-13(11-26-16)7-19-17(18-3)23-5-6-24(15(25)10-23)14-8-20-22(4)9-14/h8-9,11-12H,5-7,10H2,1-4H3,(H,18,19). The van der Waals surface area contributed by atoms with Crippen LogP contribution in [0.2, 0.25) is 0 Å². The van der Waals surface area contributed by atoms with E-state index in [0.29, 0.717) is 32.1 Å². The molecule has 1 aliphatic rings. The van der Waals surface area contributed by atoms with E-state index in [9.17, 15) is 4.79 Å². The van der Waals surface area contributed by atoms with Gasteiger partial charge >= 0.3 is 0 Å². The van der Waals surface area contributed by atoms with E-state index in [1.165, 1.54) is 0 Å². The lowest BCUT2D eigenvalue weighted by Crippen LogP contribution is -2.55. The van der Waals surface area contributed by atoms with Crippen molar-refractivity contribution in [1.82, 2.24) is 25.0 Å². The van der Waals surface area contributed by atoms with Gasteiger partial charge in [0.05, 0.1) is 29.1 Å². The minimum absolute atomic E-state index is 0.0444. The number of rotatable bonds is 4. The van der Waals surface area contributed by atoms with Crippen LogP contribution in [0.15, 0.2) is 22.8 Å². The Morgan fingerprint density at radius 2 is 2.23 bits per heavy atom. The Hall–Kier alpha value is -2.42. The number of piperazine rings is 1. The van der Waals surface area contributed by atoms with Gasteiger partial charge < -0.3 is 15.1 Å². The second-order valence-electron chi connectivity index (χ2n) is 6.57. The molecule has 0 spiro atoms. The molecule has 26 heavy (non-hydrogen) atoms. The average Bonchev–Trinajstić information content (AvgIpc) is 3.25. The van der Waals surface area contributed by atoms with Crippen molar-refractivity contribution < 1.29 is 4.79 Å². The molecule has 0 aromatic carbocycles. The van der Waals surface area contributed by atoms with Gasteiger partial charge in [0.15, 0.2) is 5.96 Å². The summed E-state index contributed by atoms with van der Waals surface area (Å²) in [6, 6.07) is 0. The summed E-state index contributed by atoms with van der Waals surface area (Å²) in [5.74, 6) is 1.21. The second kappa shape index (κ2) is 7.86. The minimum atomic E-state index is 0.0444. The van der Waals surface area contributed by atoms with Crippen LogP contribution in [0.25, 0.3) is 0 Å². The highest BCUT2D eigenvalue weighted by molar-refractivity contribution is 7.09. The van der Waals surface area contributed by atoms with Crippen LogP contribution in [0.4, 0.5) is 5.69 Å². The Morgan fingerprint density at radius 1 is 1.42 bits per heavy atom. The number of carbonyl (C=O) groups is 1. The Morgan fingerprint density at radius 3 is 2.81 bits per heavy atom. The van der Waals surface area contributed by atoms with Crippen molar-refractivity contribution in [3.05, 3.63) is 28.5 Å². The molecule has 3 rings (SSSR count). The molecule has 2 aromatic heterocycles. The van der Waals surface area contributed by atoms with Gasteiger partial charge in [0.25, 0.3) is 0 Å². The number of nitrogens with zero attached hydrogens (tertiary/aromatic N) is 6. The van der Waals surface area contributed by atoms with Crippen molar-refractivity contribution in [3.63, 3.8) is 0 Å². The normalized spacial score (nSPS) is 15.9. The lowest BCUT2D eigenvalue weighted by Gasteiger charge is -2.35. The SMILES string of the molecule is CN=C(NCc1csc(C(C)C)n1)N1CCN(c2cnn(C)c2)C(=O)C1. The molecule has 1 aliphatic heterocycles. The van der Waals surface area contributed by atoms with E-state index in [2.05, 4.69) is 39.6 Å². The Bertz CT molecular complexity index is 795. The third kappa shape index (κ3) is 4.04. The van der Waals surface area contributed by atoms with Gasteiger partial charge in [-0.3, -0.25) is 14.5 Å². The van der Waals surface area contributed by atoms with Crippen LogP contribution >= 0.6 is 11.3 Å². The molecule has 1 N–H and O–H groups in total. The molecule has 0 bridgehead atoms. The van der Waals surface area contributed by atoms with Crippen molar-refractivity contribution in [2.45, 2.75) is 26.3 Å². The van der Waals surface area contributed by atoms with Gasteiger partial charge in [0.2, 0.25) is 5.91 Å². The first kappa shape index (κ1) is 18.4. The molecule has 2 aromatic rings. The quantitative estimate of drug-likeness (QED) is 0.646. The van der Waals surface area contributed by atoms with Crippen LogP contribution in [0.5, 0.6) is 0 Å². The summed E-state index contributed by atoms with van der Waals surface area (Å²) in [6.07, 6.45) is 3.57. The first-order chi connectivity index (χ1) is 12.5. The van der Waals surface area contributed by atoms with Crippen LogP contribution in [0, 0.1) is 0 Å². The molecule has 1 amide bonds. The maximum atomic E-state index is 12.5. The number of anilines is 1. The highest BCUT2D eigenvalue weighted by atomic mass is 32.1. The maximum Gasteiger partial charge on any atom is 0.246 e. The first-order valence-electron chi connectivity index (χ1n) is 8.67. The van der Waals surface area contributed by atoms with E-state index in [1.54, 1.807) is 34.2 Å².